The zero-order chi connectivity index (χ0) is 19.5. The highest BCUT2D eigenvalue weighted by atomic mass is 16.5. The summed E-state index contributed by atoms with van der Waals surface area (Å²) in [7, 11) is 1.64. The SMILES string of the molecule is COCCOc1ccc2c(c1)[nH]c1c(CC(N)=O)cc(-c3ccccc3)nc12. The van der Waals surface area contributed by atoms with Crippen LogP contribution in [-0.2, 0) is 16.0 Å². The summed E-state index contributed by atoms with van der Waals surface area (Å²) in [4.78, 5) is 19.9. The fourth-order valence-corrected chi connectivity index (χ4v) is 3.32. The van der Waals surface area contributed by atoms with Crippen LogP contribution in [0.25, 0.3) is 33.2 Å². The molecule has 2 heterocycles. The Balaban J connectivity index is 1.86. The number of nitrogens with zero attached hydrogens (tertiary/aromatic N) is 1. The van der Waals surface area contributed by atoms with E-state index in [1.807, 2.05) is 54.6 Å². The third-order valence-corrected chi connectivity index (χ3v) is 4.60. The first kappa shape index (κ1) is 18.0. The van der Waals surface area contributed by atoms with Crippen molar-refractivity contribution in [2.75, 3.05) is 20.3 Å². The second kappa shape index (κ2) is 7.70. The van der Waals surface area contributed by atoms with Crippen LogP contribution in [0.4, 0.5) is 0 Å². The van der Waals surface area contributed by atoms with E-state index < -0.39 is 0 Å². The predicted molar refractivity (Wildman–Crippen MR) is 109 cm³/mol. The Bertz CT molecular complexity index is 1140. The molecule has 4 aromatic rings. The average molecular weight is 375 g/mol. The average Bonchev–Trinajstić information content (AvgIpc) is 3.07. The molecule has 0 radical (unpaired) electrons. The molecule has 3 N–H and O–H groups in total. The molecule has 0 saturated carbocycles. The fourth-order valence-electron chi connectivity index (χ4n) is 3.32. The topological polar surface area (TPSA) is 90.2 Å². The van der Waals surface area contributed by atoms with Gasteiger partial charge in [0.1, 0.15) is 12.4 Å². The van der Waals surface area contributed by atoms with E-state index >= 15 is 0 Å². The number of H-pyrrole nitrogens is 1. The van der Waals surface area contributed by atoms with E-state index in [1.165, 1.54) is 0 Å². The molecular formula is C22H21N3O3. The monoisotopic (exact) mass is 375 g/mol. The van der Waals surface area contributed by atoms with Gasteiger partial charge >= 0.3 is 0 Å². The minimum absolute atomic E-state index is 0.142. The number of fused-ring (bicyclic) bond motifs is 3. The molecule has 2 aromatic heterocycles. The molecule has 0 unspecified atom stereocenters. The van der Waals surface area contributed by atoms with Gasteiger partial charge in [-0.3, -0.25) is 4.79 Å². The quantitative estimate of drug-likeness (QED) is 0.484. The normalized spacial score (nSPS) is 11.2. The van der Waals surface area contributed by atoms with Crippen LogP contribution in [-0.4, -0.2) is 36.2 Å². The first-order valence-corrected chi connectivity index (χ1v) is 9.06. The minimum Gasteiger partial charge on any atom is -0.491 e. The highest BCUT2D eigenvalue weighted by Crippen LogP contribution is 2.32. The van der Waals surface area contributed by atoms with E-state index in [9.17, 15) is 4.79 Å². The Labute approximate surface area is 162 Å². The van der Waals surface area contributed by atoms with E-state index in [-0.39, 0.29) is 12.3 Å². The van der Waals surface area contributed by atoms with Gasteiger partial charge in [0.05, 0.1) is 35.3 Å². The number of hydrogen-bond donors (Lipinski definition) is 2. The first-order chi connectivity index (χ1) is 13.7. The number of nitrogens with one attached hydrogen (secondary N) is 1. The van der Waals surface area contributed by atoms with Crippen molar-refractivity contribution in [2.45, 2.75) is 6.42 Å². The summed E-state index contributed by atoms with van der Waals surface area (Å²) in [6.45, 7) is 1.00. The summed E-state index contributed by atoms with van der Waals surface area (Å²) < 4.78 is 10.7. The van der Waals surface area contributed by atoms with Crippen LogP contribution in [0.15, 0.2) is 54.6 Å². The van der Waals surface area contributed by atoms with Gasteiger partial charge in [0.2, 0.25) is 5.91 Å². The van der Waals surface area contributed by atoms with Crippen LogP contribution in [0.1, 0.15) is 5.56 Å². The van der Waals surface area contributed by atoms with Crippen molar-refractivity contribution < 1.29 is 14.3 Å². The van der Waals surface area contributed by atoms with Crippen LogP contribution in [0.3, 0.4) is 0 Å². The number of pyridine rings is 1. The Hall–Kier alpha value is -3.38. The van der Waals surface area contributed by atoms with E-state index in [4.69, 9.17) is 20.2 Å². The van der Waals surface area contributed by atoms with Crippen molar-refractivity contribution in [3.8, 4) is 17.0 Å². The number of aromatic amines is 1. The zero-order valence-electron chi connectivity index (χ0n) is 15.6. The molecule has 6 heteroatoms. The summed E-state index contributed by atoms with van der Waals surface area (Å²) in [6.07, 6.45) is 0.142. The van der Waals surface area contributed by atoms with E-state index in [0.29, 0.717) is 13.2 Å². The molecule has 6 nitrogen and oxygen atoms in total. The van der Waals surface area contributed by atoms with Crippen LogP contribution in [0.5, 0.6) is 5.75 Å². The van der Waals surface area contributed by atoms with Crippen LogP contribution >= 0.6 is 0 Å². The van der Waals surface area contributed by atoms with Crippen LogP contribution in [0.2, 0.25) is 0 Å². The lowest BCUT2D eigenvalue weighted by Crippen LogP contribution is -2.14. The molecule has 142 valence electrons. The smallest absolute Gasteiger partial charge is 0.221 e. The van der Waals surface area contributed by atoms with Crippen molar-refractivity contribution in [3.63, 3.8) is 0 Å². The lowest BCUT2D eigenvalue weighted by atomic mass is 10.0. The Kier molecular flexibility index (Phi) is 4.95. The first-order valence-electron chi connectivity index (χ1n) is 9.06. The maximum absolute atomic E-state index is 11.6. The lowest BCUT2D eigenvalue weighted by molar-refractivity contribution is -0.117. The third kappa shape index (κ3) is 3.54. The number of rotatable bonds is 7. The van der Waals surface area contributed by atoms with Gasteiger partial charge in [-0.15, -0.1) is 0 Å². The number of amides is 1. The molecule has 4 rings (SSSR count). The van der Waals surface area contributed by atoms with Crippen LogP contribution in [0, 0.1) is 0 Å². The van der Waals surface area contributed by atoms with Crippen molar-refractivity contribution in [1.82, 2.24) is 9.97 Å². The predicted octanol–water partition coefficient (Wildman–Crippen LogP) is 3.44. The number of carbonyl (C=O) groups is 1. The maximum atomic E-state index is 11.6. The Morgan fingerprint density at radius 3 is 2.68 bits per heavy atom. The number of ether oxygens (including phenoxy) is 2. The van der Waals surface area contributed by atoms with Gasteiger partial charge in [-0.25, -0.2) is 4.98 Å². The molecule has 0 aliphatic rings. The summed E-state index contributed by atoms with van der Waals surface area (Å²) in [5.74, 6) is 0.365. The molecule has 0 atom stereocenters. The number of carbonyl (C=O) groups excluding carboxylic acids is 1. The summed E-state index contributed by atoms with van der Waals surface area (Å²) in [5, 5.41) is 0.970. The van der Waals surface area contributed by atoms with Gasteiger partial charge in [0.25, 0.3) is 0 Å². The number of nitrogens with two attached hydrogens (primary N) is 1. The second-order valence-corrected chi connectivity index (χ2v) is 6.57. The van der Waals surface area contributed by atoms with Gasteiger partial charge in [0.15, 0.2) is 0 Å². The molecule has 0 aliphatic heterocycles. The number of methoxy groups -OCH3 is 1. The van der Waals surface area contributed by atoms with Crippen molar-refractivity contribution in [3.05, 3.63) is 60.2 Å². The van der Waals surface area contributed by atoms with Crippen molar-refractivity contribution in [1.29, 1.82) is 0 Å². The summed E-state index contributed by atoms with van der Waals surface area (Å²) in [6, 6.07) is 17.6. The molecule has 28 heavy (non-hydrogen) atoms. The molecule has 0 bridgehead atoms. The number of aromatic nitrogens is 2. The highest BCUT2D eigenvalue weighted by molar-refractivity contribution is 6.07. The zero-order valence-corrected chi connectivity index (χ0v) is 15.6. The number of hydrogen-bond acceptors (Lipinski definition) is 4. The Morgan fingerprint density at radius 1 is 1.11 bits per heavy atom. The molecular weight excluding hydrogens is 354 g/mol. The summed E-state index contributed by atoms with van der Waals surface area (Å²) >= 11 is 0. The van der Waals surface area contributed by atoms with E-state index in [1.54, 1.807) is 7.11 Å². The third-order valence-electron chi connectivity index (χ3n) is 4.60. The molecule has 0 fully saturated rings. The van der Waals surface area contributed by atoms with Gasteiger partial charge in [-0.1, -0.05) is 30.3 Å². The molecule has 0 aliphatic carbocycles. The van der Waals surface area contributed by atoms with Gasteiger partial charge in [-0.2, -0.15) is 0 Å². The van der Waals surface area contributed by atoms with Crippen LogP contribution < -0.4 is 10.5 Å². The second-order valence-electron chi connectivity index (χ2n) is 6.57. The van der Waals surface area contributed by atoms with Gasteiger partial charge in [-0.05, 0) is 23.8 Å². The maximum Gasteiger partial charge on any atom is 0.221 e. The molecule has 2 aromatic carbocycles. The van der Waals surface area contributed by atoms with Crippen molar-refractivity contribution in [2.24, 2.45) is 5.73 Å². The van der Waals surface area contributed by atoms with Gasteiger partial charge in [0, 0.05) is 24.1 Å². The Morgan fingerprint density at radius 2 is 1.93 bits per heavy atom. The standard InChI is InChI=1S/C22H21N3O3/c1-27-9-10-28-16-7-8-17-19(13-16)25-21-15(12-20(23)26)11-18(24-22(17)21)14-5-3-2-4-6-14/h2-8,11,13,25H,9-10,12H2,1H3,(H2,23,26). The molecule has 1 amide bonds. The molecule has 0 spiro atoms. The minimum atomic E-state index is -0.381. The number of primary amides is 1. The summed E-state index contributed by atoms with van der Waals surface area (Å²) in [5.41, 5.74) is 10.6. The van der Waals surface area contributed by atoms with Crippen molar-refractivity contribution >= 4 is 27.8 Å². The number of benzene rings is 2. The highest BCUT2D eigenvalue weighted by Gasteiger charge is 2.15. The lowest BCUT2D eigenvalue weighted by Gasteiger charge is -2.06. The van der Waals surface area contributed by atoms with E-state index in [2.05, 4.69) is 4.98 Å². The fraction of sp³-hybridized carbons (Fsp3) is 0.182. The van der Waals surface area contributed by atoms with E-state index in [0.717, 1.165) is 44.5 Å². The molecule has 0 saturated heterocycles. The van der Waals surface area contributed by atoms with Gasteiger partial charge < -0.3 is 20.2 Å². The largest absolute Gasteiger partial charge is 0.491 e.